The van der Waals surface area contributed by atoms with Gasteiger partial charge in [-0.05, 0) is 36.4 Å². The molecule has 0 heterocycles. The van der Waals surface area contributed by atoms with E-state index in [1.165, 1.54) is 6.07 Å². The number of hydrogen-bond donors (Lipinski definition) is 1. The number of nitrogens with one attached hydrogen (secondary N) is 1. The Kier molecular flexibility index (Phi) is 5.62. The van der Waals surface area contributed by atoms with E-state index in [1.807, 2.05) is 19.1 Å². The summed E-state index contributed by atoms with van der Waals surface area (Å²) in [6.45, 7) is 2.68. The summed E-state index contributed by atoms with van der Waals surface area (Å²) < 4.78 is 20.1. The van der Waals surface area contributed by atoms with Crippen LogP contribution in [0.2, 0.25) is 5.02 Å². The fraction of sp³-hybridized carbons (Fsp3) is 0.250. The molecule has 1 N–H and O–H groups in total. The third kappa shape index (κ3) is 3.57. The molecule has 2 aromatic rings. The first-order valence-corrected chi connectivity index (χ1v) is 7.76. The first-order valence-electron chi connectivity index (χ1n) is 6.59. The summed E-state index contributed by atoms with van der Waals surface area (Å²) in [4.78, 5) is 0. The number of hydrogen-bond acceptors (Lipinski definition) is 2. The average Bonchev–Trinajstić information content (AvgIpc) is 2.46. The molecule has 1 atom stereocenters. The van der Waals surface area contributed by atoms with Gasteiger partial charge in [-0.2, -0.15) is 0 Å². The van der Waals surface area contributed by atoms with Gasteiger partial charge >= 0.3 is 0 Å². The zero-order valence-electron chi connectivity index (χ0n) is 11.8. The molecule has 0 spiro atoms. The highest BCUT2D eigenvalue weighted by molar-refractivity contribution is 9.10. The molecule has 0 aromatic heterocycles. The minimum atomic E-state index is -0.283. The summed E-state index contributed by atoms with van der Waals surface area (Å²) in [6.07, 6.45) is 0. The monoisotopic (exact) mass is 371 g/mol. The maximum Gasteiger partial charge on any atom is 0.137 e. The van der Waals surface area contributed by atoms with Gasteiger partial charge in [-0.3, -0.25) is 0 Å². The molecule has 0 aliphatic heterocycles. The number of halogens is 3. The minimum absolute atomic E-state index is 0.262. The van der Waals surface area contributed by atoms with Crippen molar-refractivity contribution in [2.75, 3.05) is 13.7 Å². The lowest BCUT2D eigenvalue weighted by atomic mass is 9.98. The third-order valence-electron chi connectivity index (χ3n) is 3.21. The number of ether oxygens (including phenoxy) is 1. The van der Waals surface area contributed by atoms with Crippen molar-refractivity contribution in [2.24, 2.45) is 0 Å². The second kappa shape index (κ2) is 7.25. The fourth-order valence-corrected chi connectivity index (χ4v) is 3.08. The van der Waals surface area contributed by atoms with Gasteiger partial charge in [0.15, 0.2) is 0 Å². The second-order valence-electron chi connectivity index (χ2n) is 4.52. The van der Waals surface area contributed by atoms with Crippen molar-refractivity contribution in [3.05, 3.63) is 62.8 Å². The van der Waals surface area contributed by atoms with Crippen molar-refractivity contribution in [1.82, 2.24) is 5.32 Å². The van der Waals surface area contributed by atoms with Crippen molar-refractivity contribution in [2.45, 2.75) is 13.0 Å². The highest BCUT2D eigenvalue weighted by Gasteiger charge is 2.20. The Labute approximate surface area is 137 Å². The van der Waals surface area contributed by atoms with Crippen LogP contribution in [-0.4, -0.2) is 13.7 Å². The van der Waals surface area contributed by atoms with E-state index in [0.29, 0.717) is 22.9 Å². The second-order valence-corrected chi connectivity index (χ2v) is 5.78. The van der Waals surface area contributed by atoms with E-state index in [9.17, 15) is 4.39 Å². The zero-order valence-corrected chi connectivity index (χ0v) is 14.1. The van der Waals surface area contributed by atoms with E-state index in [1.54, 1.807) is 25.3 Å². The maximum absolute atomic E-state index is 14.2. The zero-order chi connectivity index (χ0) is 15.4. The summed E-state index contributed by atoms with van der Waals surface area (Å²) in [7, 11) is 1.57. The normalized spacial score (nSPS) is 12.2. The van der Waals surface area contributed by atoms with Crippen LogP contribution < -0.4 is 10.1 Å². The highest BCUT2D eigenvalue weighted by Crippen LogP contribution is 2.34. The lowest BCUT2D eigenvalue weighted by molar-refractivity contribution is 0.414. The molecule has 2 rings (SSSR count). The molecule has 0 saturated carbocycles. The van der Waals surface area contributed by atoms with E-state index in [-0.39, 0.29) is 11.9 Å². The Balaban J connectivity index is 2.51. The molecular formula is C16H16BrClFNO. The Morgan fingerprint density at radius 3 is 2.67 bits per heavy atom. The van der Waals surface area contributed by atoms with Crippen LogP contribution in [0.5, 0.6) is 5.75 Å². The van der Waals surface area contributed by atoms with E-state index in [4.69, 9.17) is 16.3 Å². The number of rotatable bonds is 5. The molecule has 112 valence electrons. The van der Waals surface area contributed by atoms with Crippen LogP contribution in [0.4, 0.5) is 4.39 Å². The summed E-state index contributed by atoms with van der Waals surface area (Å²) in [5.74, 6) is 0.338. The predicted octanol–water partition coefficient (Wildman–Crippen LogP) is 4.95. The fourth-order valence-electron chi connectivity index (χ4n) is 2.24. The van der Waals surface area contributed by atoms with Gasteiger partial charge in [0.1, 0.15) is 11.6 Å². The van der Waals surface area contributed by atoms with E-state index < -0.39 is 0 Å². The van der Waals surface area contributed by atoms with Crippen molar-refractivity contribution >= 4 is 27.5 Å². The van der Waals surface area contributed by atoms with Gasteiger partial charge in [-0.15, -0.1) is 0 Å². The lowest BCUT2D eigenvalue weighted by Crippen LogP contribution is -2.23. The molecule has 0 aliphatic carbocycles. The van der Waals surface area contributed by atoms with Gasteiger partial charge in [0, 0.05) is 10.0 Å². The molecule has 21 heavy (non-hydrogen) atoms. The molecule has 2 nitrogen and oxygen atoms in total. The molecule has 0 aliphatic rings. The van der Waals surface area contributed by atoms with Crippen LogP contribution in [0.25, 0.3) is 0 Å². The van der Waals surface area contributed by atoms with Gasteiger partial charge in [0.05, 0.1) is 18.2 Å². The van der Waals surface area contributed by atoms with Crippen LogP contribution in [0.3, 0.4) is 0 Å². The Hall–Kier alpha value is -1.10. The first kappa shape index (κ1) is 16.3. The van der Waals surface area contributed by atoms with Crippen LogP contribution in [0.1, 0.15) is 24.1 Å². The quantitative estimate of drug-likeness (QED) is 0.802. The maximum atomic E-state index is 14.2. The summed E-state index contributed by atoms with van der Waals surface area (Å²) in [5.41, 5.74) is 1.45. The summed E-state index contributed by atoms with van der Waals surface area (Å²) in [6, 6.07) is 10.1. The standard InChI is InChI=1S/C16H16BrClFNO/c1-3-20-16(15-11(17)5-4-6-13(15)19)10-7-8-14(21-2)12(18)9-10/h4-9,16,20H,3H2,1-2H3. The van der Waals surface area contributed by atoms with Gasteiger partial charge in [-0.1, -0.05) is 46.6 Å². The largest absolute Gasteiger partial charge is 0.495 e. The molecule has 0 saturated heterocycles. The average molecular weight is 373 g/mol. The number of benzene rings is 2. The van der Waals surface area contributed by atoms with Crippen molar-refractivity contribution in [1.29, 1.82) is 0 Å². The molecule has 0 amide bonds. The van der Waals surface area contributed by atoms with Gasteiger partial charge in [-0.25, -0.2) is 4.39 Å². The Morgan fingerprint density at radius 1 is 1.33 bits per heavy atom. The van der Waals surface area contributed by atoms with Crippen molar-refractivity contribution < 1.29 is 9.13 Å². The summed E-state index contributed by atoms with van der Waals surface area (Å²) in [5, 5.41) is 3.80. The van der Waals surface area contributed by atoms with Crippen molar-refractivity contribution in [3.8, 4) is 5.75 Å². The molecule has 0 fully saturated rings. The molecule has 5 heteroatoms. The van der Waals surface area contributed by atoms with E-state index in [2.05, 4.69) is 21.2 Å². The number of methoxy groups -OCH3 is 1. The summed E-state index contributed by atoms with van der Waals surface area (Å²) >= 11 is 9.61. The van der Waals surface area contributed by atoms with Gasteiger partial charge < -0.3 is 10.1 Å². The topological polar surface area (TPSA) is 21.3 Å². The first-order chi connectivity index (χ1) is 10.1. The molecule has 1 unspecified atom stereocenters. The van der Waals surface area contributed by atoms with Crippen LogP contribution >= 0.6 is 27.5 Å². The minimum Gasteiger partial charge on any atom is -0.495 e. The van der Waals surface area contributed by atoms with Gasteiger partial charge in [0.2, 0.25) is 0 Å². The van der Waals surface area contributed by atoms with Gasteiger partial charge in [0.25, 0.3) is 0 Å². The lowest BCUT2D eigenvalue weighted by Gasteiger charge is -2.21. The molecular weight excluding hydrogens is 357 g/mol. The molecule has 2 aromatic carbocycles. The third-order valence-corrected chi connectivity index (χ3v) is 4.19. The van der Waals surface area contributed by atoms with E-state index in [0.717, 1.165) is 10.0 Å². The van der Waals surface area contributed by atoms with Crippen molar-refractivity contribution in [3.63, 3.8) is 0 Å². The van der Waals surface area contributed by atoms with Crippen LogP contribution in [0, 0.1) is 5.82 Å². The predicted molar refractivity (Wildman–Crippen MR) is 87.6 cm³/mol. The SMILES string of the molecule is CCNC(c1ccc(OC)c(Cl)c1)c1c(F)cccc1Br. The Bertz CT molecular complexity index is 615. The van der Waals surface area contributed by atoms with Crippen LogP contribution in [-0.2, 0) is 0 Å². The molecule has 0 radical (unpaired) electrons. The smallest absolute Gasteiger partial charge is 0.137 e. The molecule has 0 bridgehead atoms. The van der Waals surface area contributed by atoms with E-state index >= 15 is 0 Å². The Morgan fingerprint density at radius 2 is 2.10 bits per heavy atom. The highest BCUT2D eigenvalue weighted by atomic mass is 79.9. The van der Waals surface area contributed by atoms with Crippen LogP contribution in [0.15, 0.2) is 40.9 Å².